The zero-order chi connectivity index (χ0) is 13.3. The van der Waals surface area contributed by atoms with Crippen LogP contribution in [0.5, 0.6) is 0 Å². The molecular weight excluding hydrogens is 299 g/mol. The first kappa shape index (κ1) is 13.5. The van der Waals surface area contributed by atoms with Gasteiger partial charge in [0.05, 0.1) is 5.56 Å². The fourth-order valence-electron chi connectivity index (χ4n) is 2.15. The average Bonchev–Trinajstić information content (AvgIpc) is 2.30. The quantitative estimate of drug-likeness (QED) is 0.863. The van der Waals surface area contributed by atoms with E-state index < -0.39 is 5.82 Å². The highest BCUT2D eigenvalue weighted by molar-refractivity contribution is 9.10. The summed E-state index contributed by atoms with van der Waals surface area (Å²) in [5.74, 6) is -0.720. The summed E-state index contributed by atoms with van der Waals surface area (Å²) in [6, 6.07) is 4.44. The van der Waals surface area contributed by atoms with Gasteiger partial charge in [-0.25, -0.2) is 4.39 Å². The number of nitrogens with zero attached hydrogens (tertiary/aromatic N) is 1. The SMILES string of the molecule is CC1(C)CN(C(=O)c2cc(Br)ccc2F)CCN1. The predicted octanol–water partition coefficient (Wildman–Crippen LogP) is 2.41. The van der Waals surface area contributed by atoms with E-state index in [1.165, 1.54) is 12.1 Å². The Morgan fingerprint density at radius 2 is 2.22 bits per heavy atom. The molecule has 0 spiro atoms. The summed E-state index contributed by atoms with van der Waals surface area (Å²) in [6.07, 6.45) is 0. The minimum atomic E-state index is -0.473. The molecular formula is C13H16BrFN2O. The van der Waals surface area contributed by atoms with E-state index in [4.69, 9.17) is 0 Å². The third-order valence-electron chi connectivity index (χ3n) is 3.02. The highest BCUT2D eigenvalue weighted by atomic mass is 79.9. The van der Waals surface area contributed by atoms with E-state index in [1.54, 1.807) is 11.0 Å². The summed E-state index contributed by atoms with van der Waals surface area (Å²) >= 11 is 3.26. The van der Waals surface area contributed by atoms with Crippen molar-refractivity contribution in [1.29, 1.82) is 0 Å². The van der Waals surface area contributed by atoms with Crippen molar-refractivity contribution in [2.45, 2.75) is 19.4 Å². The van der Waals surface area contributed by atoms with Crippen LogP contribution in [0.3, 0.4) is 0 Å². The topological polar surface area (TPSA) is 32.3 Å². The molecule has 5 heteroatoms. The number of benzene rings is 1. The molecule has 0 aliphatic carbocycles. The van der Waals surface area contributed by atoms with Crippen molar-refractivity contribution in [3.05, 3.63) is 34.1 Å². The first-order valence-corrected chi connectivity index (χ1v) is 6.68. The van der Waals surface area contributed by atoms with Gasteiger partial charge in [0.25, 0.3) is 5.91 Å². The Bertz CT molecular complexity index is 476. The van der Waals surface area contributed by atoms with E-state index in [2.05, 4.69) is 21.2 Å². The fourth-order valence-corrected chi connectivity index (χ4v) is 2.51. The number of halogens is 2. The van der Waals surface area contributed by atoms with Gasteiger partial charge >= 0.3 is 0 Å². The van der Waals surface area contributed by atoms with Crippen LogP contribution in [0, 0.1) is 5.82 Å². The molecule has 1 aromatic rings. The van der Waals surface area contributed by atoms with Gasteiger partial charge in [0.1, 0.15) is 5.82 Å². The molecule has 0 atom stereocenters. The standard InChI is InChI=1S/C13H16BrFN2O/c1-13(2)8-17(6-5-16-13)12(18)10-7-9(14)3-4-11(10)15/h3-4,7,16H,5-6,8H2,1-2H3. The molecule has 0 saturated carbocycles. The number of amides is 1. The molecule has 1 N–H and O–H groups in total. The number of carbonyl (C=O) groups excluding carboxylic acids is 1. The summed E-state index contributed by atoms with van der Waals surface area (Å²) in [6.45, 7) is 5.98. The van der Waals surface area contributed by atoms with Gasteiger partial charge in [0, 0.05) is 29.6 Å². The lowest BCUT2D eigenvalue weighted by atomic mass is 10.0. The molecule has 0 radical (unpaired) electrons. The predicted molar refractivity (Wildman–Crippen MR) is 72.1 cm³/mol. The molecule has 1 fully saturated rings. The van der Waals surface area contributed by atoms with Crippen molar-refractivity contribution < 1.29 is 9.18 Å². The second-order valence-electron chi connectivity index (χ2n) is 5.16. The van der Waals surface area contributed by atoms with Gasteiger partial charge in [-0.05, 0) is 32.0 Å². The first-order chi connectivity index (χ1) is 8.39. The van der Waals surface area contributed by atoms with E-state index in [-0.39, 0.29) is 17.0 Å². The van der Waals surface area contributed by atoms with Crippen LogP contribution in [0.4, 0.5) is 4.39 Å². The van der Waals surface area contributed by atoms with Gasteiger partial charge in [0.2, 0.25) is 0 Å². The minimum Gasteiger partial charge on any atom is -0.335 e. The number of hydrogen-bond acceptors (Lipinski definition) is 2. The highest BCUT2D eigenvalue weighted by Gasteiger charge is 2.30. The van der Waals surface area contributed by atoms with Crippen LogP contribution in [-0.2, 0) is 0 Å². The molecule has 1 saturated heterocycles. The van der Waals surface area contributed by atoms with Gasteiger partial charge in [0.15, 0.2) is 0 Å². The molecule has 18 heavy (non-hydrogen) atoms. The smallest absolute Gasteiger partial charge is 0.256 e. The second-order valence-corrected chi connectivity index (χ2v) is 6.08. The Morgan fingerprint density at radius 3 is 2.89 bits per heavy atom. The summed E-state index contributed by atoms with van der Waals surface area (Å²) in [7, 11) is 0. The third-order valence-corrected chi connectivity index (χ3v) is 3.51. The van der Waals surface area contributed by atoms with Gasteiger partial charge in [-0.2, -0.15) is 0 Å². The Balaban J connectivity index is 2.23. The Labute approximate surface area is 114 Å². The molecule has 0 aromatic heterocycles. The molecule has 1 amide bonds. The van der Waals surface area contributed by atoms with E-state index in [0.29, 0.717) is 17.6 Å². The largest absolute Gasteiger partial charge is 0.335 e. The lowest BCUT2D eigenvalue weighted by Gasteiger charge is -2.39. The maximum absolute atomic E-state index is 13.7. The van der Waals surface area contributed by atoms with Crippen molar-refractivity contribution in [2.24, 2.45) is 0 Å². The molecule has 98 valence electrons. The van der Waals surface area contributed by atoms with Crippen LogP contribution in [0.15, 0.2) is 22.7 Å². The summed E-state index contributed by atoms with van der Waals surface area (Å²) in [5.41, 5.74) is -0.00165. The van der Waals surface area contributed by atoms with E-state index >= 15 is 0 Å². The summed E-state index contributed by atoms with van der Waals surface area (Å²) in [5, 5.41) is 3.32. The zero-order valence-corrected chi connectivity index (χ0v) is 12.1. The van der Waals surface area contributed by atoms with Gasteiger partial charge < -0.3 is 10.2 Å². The first-order valence-electron chi connectivity index (χ1n) is 5.88. The normalized spacial score (nSPS) is 18.8. The van der Waals surface area contributed by atoms with E-state index in [9.17, 15) is 9.18 Å². The maximum Gasteiger partial charge on any atom is 0.256 e. The third kappa shape index (κ3) is 2.90. The highest BCUT2D eigenvalue weighted by Crippen LogP contribution is 2.19. The lowest BCUT2D eigenvalue weighted by molar-refractivity contribution is 0.0647. The molecule has 3 nitrogen and oxygen atoms in total. The monoisotopic (exact) mass is 314 g/mol. The Morgan fingerprint density at radius 1 is 1.50 bits per heavy atom. The van der Waals surface area contributed by atoms with Crippen LogP contribution in [0.25, 0.3) is 0 Å². The lowest BCUT2D eigenvalue weighted by Crippen LogP contribution is -2.58. The van der Waals surface area contributed by atoms with E-state index in [1.807, 2.05) is 13.8 Å². The van der Waals surface area contributed by atoms with Crippen molar-refractivity contribution in [2.75, 3.05) is 19.6 Å². The molecule has 1 aromatic carbocycles. The van der Waals surface area contributed by atoms with Crippen molar-refractivity contribution in [1.82, 2.24) is 10.2 Å². The Kier molecular flexibility index (Phi) is 3.73. The number of nitrogens with one attached hydrogen (secondary N) is 1. The molecule has 0 unspecified atom stereocenters. The molecule has 2 rings (SSSR count). The van der Waals surface area contributed by atoms with E-state index in [0.717, 1.165) is 6.54 Å². The van der Waals surface area contributed by atoms with Crippen LogP contribution in [0.1, 0.15) is 24.2 Å². The number of hydrogen-bond donors (Lipinski definition) is 1. The minimum absolute atomic E-state index is 0.127. The maximum atomic E-state index is 13.7. The van der Waals surface area contributed by atoms with Gasteiger partial charge in [-0.15, -0.1) is 0 Å². The van der Waals surface area contributed by atoms with Crippen LogP contribution >= 0.6 is 15.9 Å². The van der Waals surface area contributed by atoms with Crippen LogP contribution in [-0.4, -0.2) is 36.0 Å². The van der Waals surface area contributed by atoms with Gasteiger partial charge in [-0.3, -0.25) is 4.79 Å². The molecule has 0 bridgehead atoms. The number of piperazine rings is 1. The molecule has 1 aliphatic heterocycles. The van der Waals surface area contributed by atoms with Crippen LogP contribution in [0.2, 0.25) is 0 Å². The molecule has 1 heterocycles. The molecule has 1 aliphatic rings. The van der Waals surface area contributed by atoms with Crippen molar-refractivity contribution in [3.8, 4) is 0 Å². The number of rotatable bonds is 1. The average molecular weight is 315 g/mol. The Hall–Kier alpha value is -0.940. The second kappa shape index (κ2) is 4.97. The van der Waals surface area contributed by atoms with Gasteiger partial charge in [-0.1, -0.05) is 15.9 Å². The fraction of sp³-hybridized carbons (Fsp3) is 0.462. The summed E-state index contributed by atoms with van der Waals surface area (Å²) < 4.78 is 14.4. The van der Waals surface area contributed by atoms with Crippen molar-refractivity contribution in [3.63, 3.8) is 0 Å². The summed E-state index contributed by atoms with van der Waals surface area (Å²) in [4.78, 5) is 14.0. The van der Waals surface area contributed by atoms with Crippen molar-refractivity contribution >= 4 is 21.8 Å². The van der Waals surface area contributed by atoms with Crippen LogP contribution < -0.4 is 5.32 Å². The number of carbonyl (C=O) groups is 1. The zero-order valence-electron chi connectivity index (χ0n) is 10.5.